The Balaban J connectivity index is 2.23. The maximum absolute atomic E-state index is 12.1. The van der Waals surface area contributed by atoms with Crippen LogP contribution in [-0.4, -0.2) is 10.5 Å². The molecule has 0 aliphatic heterocycles. The molecule has 2 rings (SSSR count). The highest BCUT2D eigenvalue weighted by molar-refractivity contribution is 9.10. The monoisotopic (exact) mass is 354 g/mol. The van der Waals surface area contributed by atoms with Crippen molar-refractivity contribution in [1.82, 2.24) is 4.57 Å². The predicted molar refractivity (Wildman–Crippen MR) is 83.5 cm³/mol. The van der Waals surface area contributed by atoms with Gasteiger partial charge < -0.3 is 9.88 Å². The van der Waals surface area contributed by atoms with E-state index >= 15 is 0 Å². The molecule has 0 atom stereocenters. The molecule has 0 fully saturated rings. The number of rotatable bonds is 3. The van der Waals surface area contributed by atoms with Crippen molar-refractivity contribution >= 4 is 39.1 Å². The molecular formula is C14H12BrClN2O2. The molecule has 0 spiro atoms. The zero-order chi connectivity index (χ0) is 14.7. The Bertz CT molecular complexity index is 713. The van der Waals surface area contributed by atoms with E-state index in [9.17, 15) is 9.59 Å². The van der Waals surface area contributed by atoms with Crippen LogP contribution >= 0.6 is 27.5 Å². The summed E-state index contributed by atoms with van der Waals surface area (Å²) >= 11 is 9.16. The lowest BCUT2D eigenvalue weighted by Crippen LogP contribution is -2.19. The molecule has 104 valence electrons. The standard InChI is InChI=1S/C14H12BrClN2O2/c1-2-18-8-10(4-6-13(18)19)17-14(20)9-3-5-12(16)11(15)7-9/h3-8H,2H2,1H3,(H,17,20). The van der Waals surface area contributed by atoms with Crippen LogP contribution in [0.3, 0.4) is 0 Å². The Kier molecular flexibility index (Phi) is 4.62. The quantitative estimate of drug-likeness (QED) is 0.915. The van der Waals surface area contributed by atoms with Gasteiger partial charge in [-0.05, 0) is 47.1 Å². The number of pyridine rings is 1. The van der Waals surface area contributed by atoms with Gasteiger partial charge in [0.15, 0.2) is 0 Å². The third-order valence-electron chi connectivity index (χ3n) is 2.76. The summed E-state index contributed by atoms with van der Waals surface area (Å²) in [6.45, 7) is 2.42. The minimum absolute atomic E-state index is 0.0975. The average molecular weight is 356 g/mol. The van der Waals surface area contributed by atoms with Gasteiger partial charge in [-0.2, -0.15) is 0 Å². The van der Waals surface area contributed by atoms with E-state index in [1.54, 1.807) is 30.5 Å². The molecule has 1 aromatic heterocycles. The third kappa shape index (κ3) is 3.29. The van der Waals surface area contributed by atoms with E-state index in [4.69, 9.17) is 11.6 Å². The number of hydrogen-bond acceptors (Lipinski definition) is 2. The van der Waals surface area contributed by atoms with Gasteiger partial charge in [0, 0.05) is 28.8 Å². The number of hydrogen-bond donors (Lipinski definition) is 1. The van der Waals surface area contributed by atoms with E-state index in [0.717, 1.165) is 0 Å². The van der Waals surface area contributed by atoms with Crippen LogP contribution in [0, 0.1) is 0 Å². The van der Waals surface area contributed by atoms with Crippen molar-refractivity contribution in [2.45, 2.75) is 13.5 Å². The summed E-state index contributed by atoms with van der Waals surface area (Å²) in [6, 6.07) is 7.94. The van der Waals surface area contributed by atoms with Gasteiger partial charge in [0.2, 0.25) is 0 Å². The van der Waals surface area contributed by atoms with Crippen LogP contribution in [0.25, 0.3) is 0 Å². The molecule has 2 aromatic rings. The van der Waals surface area contributed by atoms with Gasteiger partial charge in [0.05, 0.1) is 10.7 Å². The number of benzene rings is 1. The van der Waals surface area contributed by atoms with Crippen LogP contribution in [0.4, 0.5) is 5.69 Å². The highest BCUT2D eigenvalue weighted by Gasteiger charge is 2.08. The third-order valence-corrected chi connectivity index (χ3v) is 3.98. The number of carbonyl (C=O) groups is 1. The highest BCUT2D eigenvalue weighted by Crippen LogP contribution is 2.23. The van der Waals surface area contributed by atoms with Crippen LogP contribution in [0.5, 0.6) is 0 Å². The second-order valence-electron chi connectivity index (χ2n) is 4.13. The normalized spacial score (nSPS) is 10.3. The Morgan fingerprint density at radius 1 is 1.35 bits per heavy atom. The van der Waals surface area contributed by atoms with Crippen LogP contribution in [0.2, 0.25) is 5.02 Å². The second kappa shape index (κ2) is 6.24. The molecule has 4 nitrogen and oxygen atoms in total. The Hall–Kier alpha value is -1.59. The zero-order valence-electron chi connectivity index (χ0n) is 10.7. The summed E-state index contributed by atoms with van der Waals surface area (Å²) in [5.41, 5.74) is 0.956. The first kappa shape index (κ1) is 14.8. The molecule has 0 saturated heterocycles. The molecule has 1 amide bonds. The molecule has 0 aliphatic rings. The van der Waals surface area contributed by atoms with Crippen molar-refractivity contribution in [2.75, 3.05) is 5.32 Å². The molecule has 20 heavy (non-hydrogen) atoms. The highest BCUT2D eigenvalue weighted by atomic mass is 79.9. The molecule has 6 heteroatoms. The summed E-state index contributed by atoms with van der Waals surface area (Å²) in [4.78, 5) is 23.6. The molecule has 1 heterocycles. The summed E-state index contributed by atoms with van der Waals surface area (Å²) < 4.78 is 2.18. The summed E-state index contributed by atoms with van der Waals surface area (Å²) in [7, 11) is 0. The minimum Gasteiger partial charge on any atom is -0.321 e. The number of aryl methyl sites for hydroxylation is 1. The lowest BCUT2D eigenvalue weighted by molar-refractivity contribution is 0.102. The fourth-order valence-corrected chi connectivity index (χ4v) is 2.19. The zero-order valence-corrected chi connectivity index (χ0v) is 13.0. The molecule has 0 radical (unpaired) electrons. The Morgan fingerprint density at radius 3 is 2.75 bits per heavy atom. The van der Waals surface area contributed by atoms with Crippen molar-refractivity contribution in [3.8, 4) is 0 Å². The van der Waals surface area contributed by atoms with E-state index in [1.165, 1.54) is 10.6 Å². The average Bonchev–Trinajstić information content (AvgIpc) is 2.43. The van der Waals surface area contributed by atoms with Crippen molar-refractivity contribution < 1.29 is 4.79 Å². The van der Waals surface area contributed by atoms with Gasteiger partial charge in [0.25, 0.3) is 11.5 Å². The van der Waals surface area contributed by atoms with Gasteiger partial charge in [-0.3, -0.25) is 9.59 Å². The minimum atomic E-state index is -0.260. The van der Waals surface area contributed by atoms with Crippen molar-refractivity contribution in [3.05, 3.63) is 61.9 Å². The van der Waals surface area contributed by atoms with Crippen LogP contribution < -0.4 is 10.9 Å². The SMILES string of the molecule is CCn1cc(NC(=O)c2ccc(Cl)c(Br)c2)ccc1=O. The molecule has 0 bridgehead atoms. The number of aromatic nitrogens is 1. The molecule has 1 aromatic carbocycles. The molecule has 0 aliphatic carbocycles. The van der Waals surface area contributed by atoms with E-state index in [1.807, 2.05) is 6.92 Å². The lowest BCUT2D eigenvalue weighted by atomic mass is 10.2. The fraction of sp³-hybridized carbons (Fsp3) is 0.143. The Labute approximate surface area is 129 Å². The molecular weight excluding hydrogens is 344 g/mol. The molecule has 1 N–H and O–H groups in total. The first-order valence-corrected chi connectivity index (χ1v) is 7.15. The Morgan fingerprint density at radius 2 is 2.10 bits per heavy atom. The van der Waals surface area contributed by atoms with Gasteiger partial charge in [-0.25, -0.2) is 0 Å². The maximum atomic E-state index is 12.1. The summed E-state index contributed by atoms with van der Waals surface area (Å²) in [5.74, 6) is -0.260. The number of carbonyl (C=O) groups excluding carboxylic acids is 1. The van der Waals surface area contributed by atoms with Gasteiger partial charge in [-0.1, -0.05) is 11.6 Å². The van der Waals surface area contributed by atoms with Gasteiger partial charge >= 0.3 is 0 Å². The molecule has 0 unspecified atom stereocenters. The number of halogens is 2. The maximum Gasteiger partial charge on any atom is 0.255 e. The number of nitrogens with zero attached hydrogens (tertiary/aromatic N) is 1. The van der Waals surface area contributed by atoms with Crippen LogP contribution in [0.15, 0.2) is 45.8 Å². The fourth-order valence-electron chi connectivity index (χ4n) is 1.69. The first-order chi connectivity index (χ1) is 9.51. The van der Waals surface area contributed by atoms with Crippen molar-refractivity contribution in [3.63, 3.8) is 0 Å². The number of anilines is 1. The molecule has 0 saturated carbocycles. The summed E-state index contributed by atoms with van der Waals surface area (Å²) in [5, 5.41) is 3.29. The first-order valence-electron chi connectivity index (χ1n) is 5.98. The lowest BCUT2D eigenvalue weighted by Gasteiger charge is -2.08. The number of amides is 1. The second-order valence-corrected chi connectivity index (χ2v) is 5.39. The van der Waals surface area contributed by atoms with Crippen molar-refractivity contribution in [1.29, 1.82) is 0 Å². The smallest absolute Gasteiger partial charge is 0.255 e. The summed E-state index contributed by atoms with van der Waals surface area (Å²) in [6.07, 6.45) is 1.62. The van der Waals surface area contributed by atoms with Crippen LogP contribution in [-0.2, 0) is 6.54 Å². The predicted octanol–water partition coefficient (Wildman–Crippen LogP) is 3.54. The topological polar surface area (TPSA) is 51.1 Å². The van der Waals surface area contributed by atoms with Crippen molar-refractivity contribution in [2.24, 2.45) is 0 Å². The van der Waals surface area contributed by atoms with Crippen LogP contribution in [0.1, 0.15) is 17.3 Å². The van der Waals surface area contributed by atoms with E-state index < -0.39 is 0 Å². The van der Waals surface area contributed by atoms with E-state index in [0.29, 0.717) is 27.3 Å². The van der Waals surface area contributed by atoms with E-state index in [2.05, 4.69) is 21.2 Å². The van der Waals surface area contributed by atoms with Gasteiger partial charge in [-0.15, -0.1) is 0 Å². The van der Waals surface area contributed by atoms with Gasteiger partial charge in [0.1, 0.15) is 0 Å². The number of nitrogens with one attached hydrogen (secondary N) is 1. The largest absolute Gasteiger partial charge is 0.321 e. The van der Waals surface area contributed by atoms with E-state index in [-0.39, 0.29) is 11.5 Å².